The van der Waals surface area contributed by atoms with Gasteiger partial charge in [0.05, 0.1) is 0 Å². The molecule has 2 heterocycles. The summed E-state index contributed by atoms with van der Waals surface area (Å²) in [6.07, 6.45) is 11.6. The Hall–Kier alpha value is -0.730. The van der Waals surface area contributed by atoms with Gasteiger partial charge in [-0.15, -0.1) is 0 Å². The van der Waals surface area contributed by atoms with E-state index in [1.165, 1.54) is 44.9 Å². The first kappa shape index (κ1) is 13.7. The third-order valence-corrected chi connectivity index (χ3v) is 4.86. The highest BCUT2D eigenvalue weighted by Crippen LogP contribution is 2.36. The summed E-state index contributed by atoms with van der Waals surface area (Å²) < 4.78 is 0. The van der Waals surface area contributed by atoms with Gasteiger partial charge < -0.3 is 5.32 Å². The lowest BCUT2D eigenvalue weighted by molar-refractivity contribution is 0.322. The van der Waals surface area contributed by atoms with Crippen LogP contribution in [0.2, 0.25) is 0 Å². The molecule has 2 bridgehead atoms. The Morgan fingerprint density at radius 3 is 2.00 bits per heavy atom. The molecule has 0 atom stereocenters. The largest absolute Gasteiger partial charge is 0.309 e. The van der Waals surface area contributed by atoms with Crippen LogP contribution in [0.3, 0.4) is 0 Å². The molecule has 0 aromatic heterocycles. The van der Waals surface area contributed by atoms with Crippen molar-refractivity contribution < 1.29 is 0 Å². The maximum absolute atomic E-state index is 8.24. The predicted octanol–water partition coefficient (Wildman–Crippen LogP) is 4.31. The Kier molecular flexibility index (Phi) is 4.18. The minimum absolute atomic E-state index is 0.0625. The maximum atomic E-state index is 8.24. The fraction of sp³-hybridized carbons (Fsp3) is 1.00. The maximum Gasteiger partial charge on any atom is 0.0460 e. The summed E-state index contributed by atoms with van der Waals surface area (Å²) in [6, 6.07) is 0.889. The van der Waals surface area contributed by atoms with Crippen LogP contribution in [0, 0.1) is 0 Å². The molecular weight excluding hydrogens is 224 g/mol. The Balaban J connectivity index is 0.000000136. The smallest absolute Gasteiger partial charge is 0.0460 e. The third kappa shape index (κ3) is 3.39. The average Bonchev–Trinajstić information content (AvgIpc) is 2.88. The van der Waals surface area contributed by atoms with E-state index in [1.807, 2.05) is 6.92 Å². The summed E-state index contributed by atoms with van der Waals surface area (Å²) in [5.74, 6) is 0. The van der Waals surface area contributed by atoms with Crippen molar-refractivity contribution in [3.63, 3.8) is 0 Å². The van der Waals surface area contributed by atoms with Crippen LogP contribution in [-0.4, -0.2) is 17.1 Å². The highest BCUT2D eigenvalue weighted by atomic mass is 15.2. The van der Waals surface area contributed by atoms with Gasteiger partial charge in [0.25, 0.3) is 0 Å². The van der Waals surface area contributed by atoms with Crippen molar-refractivity contribution in [2.45, 2.75) is 88.8 Å². The van der Waals surface area contributed by atoms with Gasteiger partial charge in [0.15, 0.2) is 0 Å². The number of hydrogen-bond donors (Lipinski definition) is 1. The molecule has 0 radical (unpaired) electrons. The molecule has 0 amide bonds. The van der Waals surface area contributed by atoms with E-state index < -0.39 is 0 Å². The molecule has 1 saturated carbocycles. The molecule has 2 saturated heterocycles. The summed E-state index contributed by atoms with van der Waals surface area (Å²) in [5.41, 5.74) is 8.74. The van der Waals surface area contributed by atoms with E-state index in [0.29, 0.717) is 5.54 Å². The first-order chi connectivity index (χ1) is 8.55. The summed E-state index contributed by atoms with van der Waals surface area (Å²) in [5, 5.41) is 7.40. The van der Waals surface area contributed by atoms with Crippen molar-refractivity contribution in [2.24, 2.45) is 5.11 Å². The van der Waals surface area contributed by atoms with Gasteiger partial charge in [-0.3, -0.25) is 0 Å². The Labute approximate surface area is 110 Å². The fourth-order valence-electron chi connectivity index (χ4n) is 3.56. The zero-order chi connectivity index (χ0) is 13.1. The number of nitrogens with zero attached hydrogens (tertiary/aromatic N) is 3. The second-order valence-corrected chi connectivity index (χ2v) is 6.73. The molecule has 4 heteroatoms. The summed E-state index contributed by atoms with van der Waals surface area (Å²) >= 11 is 0. The lowest BCUT2D eigenvalue weighted by Crippen LogP contribution is -2.31. The predicted molar refractivity (Wildman–Crippen MR) is 74.4 cm³/mol. The van der Waals surface area contributed by atoms with E-state index in [1.54, 1.807) is 0 Å². The zero-order valence-electron chi connectivity index (χ0n) is 11.8. The number of rotatable bonds is 1. The molecule has 3 aliphatic rings. The molecule has 0 aromatic rings. The molecule has 18 heavy (non-hydrogen) atoms. The van der Waals surface area contributed by atoms with Gasteiger partial charge in [0, 0.05) is 22.0 Å². The van der Waals surface area contributed by atoms with E-state index in [0.717, 1.165) is 18.9 Å². The SMILES string of the molecule is CC1(N=[N+]=[N-])CCCCC1.CC12CCC(CC1)N2. The van der Waals surface area contributed by atoms with E-state index in [-0.39, 0.29) is 5.54 Å². The average molecular weight is 250 g/mol. The van der Waals surface area contributed by atoms with Crippen LogP contribution >= 0.6 is 0 Å². The van der Waals surface area contributed by atoms with Gasteiger partial charge in [0.1, 0.15) is 0 Å². The molecular formula is C14H26N4. The van der Waals surface area contributed by atoms with Crippen molar-refractivity contribution in [3.05, 3.63) is 10.4 Å². The third-order valence-electron chi connectivity index (χ3n) is 4.86. The molecule has 0 spiro atoms. The van der Waals surface area contributed by atoms with Crippen LogP contribution in [0.4, 0.5) is 0 Å². The second-order valence-electron chi connectivity index (χ2n) is 6.73. The molecule has 102 valence electrons. The molecule has 0 unspecified atom stereocenters. The molecule has 0 aromatic carbocycles. The minimum Gasteiger partial charge on any atom is -0.309 e. The number of azide groups is 1. The standard InChI is InChI=1S/C7H13N3.C7H13N/c1-7(9-10-8)5-3-2-4-6-7;1-7-4-2-6(8-7)3-5-7/h2-6H2,1H3;6,8H,2-5H2,1H3. The molecule has 1 N–H and O–H groups in total. The van der Waals surface area contributed by atoms with Crippen LogP contribution in [0.5, 0.6) is 0 Å². The summed E-state index contributed by atoms with van der Waals surface area (Å²) in [4.78, 5) is 2.86. The summed E-state index contributed by atoms with van der Waals surface area (Å²) in [6.45, 7) is 4.39. The summed E-state index contributed by atoms with van der Waals surface area (Å²) in [7, 11) is 0. The van der Waals surface area contributed by atoms with Gasteiger partial charge in [-0.25, -0.2) is 0 Å². The second kappa shape index (κ2) is 5.50. The van der Waals surface area contributed by atoms with E-state index in [4.69, 9.17) is 5.53 Å². The Bertz CT molecular complexity index is 319. The van der Waals surface area contributed by atoms with Crippen molar-refractivity contribution >= 4 is 0 Å². The van der Waals surface area contributed by atoms with E-state index in [9.17, 15) is 0 Å². The van der Waals surface area contributed by atoms with Crippen LogP contribution in [-0.2, 0) is 0 Å². The number of fused-ring (bicyclic) bond motifs is 2. The Morgan fingerprint density at radius 2 is 1.67 bits per heavy atom. The van der Waals surface area contributed by atoms with Crippen molar-refractivity contribution in [1.82, 2.24) is 5.32 Å². The van der Waals surface area contributed by atoms with Gasteiger partial charge in [-0.05, 0) is 51.0 Å². The van der Waals surface area contributed by atoms with Gasteiger partial charge in [-0.2, -0.15) is 0 Å². The molecule has 1 aliphatic carbocycles. The molecule has 3 fully saturated rings. The minimum atomic E-state index is -0.0625. The highest BCUT2D eigenvalue weighted by molar-refractivity contribution is 5.01. The van der Waals surface area contributed by atoms with Crippen molar-refractivity contribution in [2.75, 3.05) is 0 Å². The van der Waals surface area contributed by atoms with Crippen LogP contribution in [0.15, 0.2) is 5.11 Å². The monoisotopic (exact) mass is 250 g/mol. The van der Waals surface area contributed by atoms with Crippen LogP contribution in [0.1, 0.15) is 71.6 Å². The van der Waals surface area contributed by atoms with Gasteiger partial charge in [-0.1, -0.05) is 31.3 Å². The van der Waals surface area contributed by atoms with Crippen LogP contribution in [0.25, 0.3) is 10.4 Å². The van der Waals surface area contributed by atoms with Gasteiger partial charge in [0.2, 0.25) is 0 Å². The van der Waals surface area contributed by atoms with Crippen molar-refractivity contribution in [3.8, 4) is 0 Å². The molecule has 3 rings (SSSR count). The quantitative estimate of drug-likeness (QED) is 0.420. The Morgan fingerprint density at radius 1 is 1.06 bits per heavy atom. The van der Waals surface area contributed by atoms with Crippen molar-refractivity contribution in [1.29, 1.82) is 0 Å². The van der Waals surface area contributed by atoms with E-state index >= 15 is 0 Å². The lowest BCUT2D eigenvalue weighted by atomic mass is 9.84. The van der Waals surface area contributed by atoms with E-state index in [2.05, 4.69) is 22.3 Å². The first-order valence-electron chi connectivity index (χ1n) is 7.39. The topological polar surface area (TPSA) is 60.8 Å². The van der Waals surface area contributed by atoms with Crippen LogP contribution < -0.4 is 5.32 Å². The molecule has 2 aliphatic heterocycles. The molecule has 4 nitrogen and oxygen atoms in total. The zero-order valence-corrected chi connectivity index (χ0v) is 11.8. The highest BCUT2D eigenvalue weighted by Gasteiger charge is 2.39. The lowest BCUT2D eigenvalue weighted by Gasteiger charge is -2.27. The normalized spacial score (nSPS) is 36.4. The number of hydrogen-bond acceptors (Lipinski definition) is 2. The number of nitrogens with one attached hydrogen (secondary N) is 1. The fourth-order valence-corrected chi connectivity index (χ4v) is 3.56. The first-order valence-corrected chi connectivity index (χ1v) is 7.39. The van der Waals surface area contributed by atoms with Gasteiger partial charge >= 0.3 is 0 Å².